The Morgan fingerprint density at radius 2 is 2.22 bits per heavy atom. The van der Waals surface area contributed by atoms with Gasteiger partial charge in [-0.2, -0.15) is 0 Å². The van der Waals surface area contributed by atoms with Crippen LogP contribution in [0.3, 0.4) is 0 Å². The average Bonchev–Trinajstić information content (AvgIpc) is 2.84. The Morgan fingerprint density at radius 1 is 1.44 bits per heavy atom. The molecule has 0 aromatic heterocycles. The van der Waals surface area contributed by atoms with E-state index in [-0.39, 0.29) is 11.6 Å². The molecule has 0 radical (unpaired) electrons. The Bertz CT molecular complexity index is 456. The first kappa shape index (κ1) is 13.0. The SMILES string of the molecule is CCC1(C(=O)Nc2ccc(F)c(F)c2)CCCN1. The lowest BCUT2D eigenvalue weighted by Crippen LogP contribution is -2.50. The first-order chi connectivity index (χ1) is 8.57. The van der Waals surface area contributed by atoms with Crippen LogP contribution in [0.5, 0.6) is 0 Å². The van der Waals surface area contributed by atoms with E-state index in [1.165, 1.54) is 6.07 Å². The van der Waals surface area contributed by atoms with Crippen molar-refractivity contribution < 1.29 is 13.6 Å². The highest BCUT2D eigenvalue weighted by molar-refractivity contribution is 5.98. The number of carbonyl (C=O) groups excluding carboxylic acids is 1. The predicted molar refractivity (Wildman–Crippen MR) is 65.2 cm³/mol. The molecule has 1 aromatic carbocycles. The zero-order valence-electron chi connectivity index (χ0n) is 10.2. The van der Waals surface area contributed by atoms with Crippen LogP contribution >= 0.6 is 0 Å². The number of amides is 1. The number of carbonyl (C=O) groups is 1. The molecule has 2 rings (SSSR count). The first-order valence-electron chi connectivity index (χ1n) is 6.09. The molecule has 2 N–H and O–H groups in total. The van der Waals surface area contributed by atoms with Gasteiger partial charge < -0.3 is 10.6 Å². The fourth-order valence-electron chi connectivity index (χ4n) is 2.29. The normalized spacial score (nSPS) is 23.1. The van der Waals surface area contributed by atoms with Crippen molar-refractivity contribution in [2.45, 2.75) is 31.7 Å². The quantitative estimate of drug-likeness (QED) is 0.869. The van der Waals surface area contributed by atoms with Crippen LogP contribution in [0, 0.1) is 11.6 Å². The van der Waals surface area contributed by atoms with Gasteiger partial charge in [0, 0.05) is 11.8 Å². The van der Waals surface area contributed by atoms with Gasteiger partial charge >= 0.3 is 0 Å². The Labute approximate surface area is 105 Å². The zero-order chi connectivity index (χ0) is 13.2. The summed E-state index contributed by atoms with van der Waals surface area (Å²) in [5.41, 5.74) is -0.300. The second-order valence-corrected chi connectivity index (χ2v) is 4.55. The smallest absolute Gasteiger partial charge is 0.244 e. The van der Waals surface area contributed by atoms with Crippen molar-refractivity contribution in [2.24, 2.45) is 0 Å². The van der Waals surface area contributed by atoms with Crippen LogP contribution in [0.4, 0.5) is 14.5 Å². The number of hydrogen-bond donors (Lipinski definition) is 2. The molecule has 1 unspecified atom stereocenters. The van der Waals surface area contributed by atoms with Crippen molar-refractivity contribution >= 4 is 11.6 Å². The van der Waals surface area contributed by atoms with Crippen molar-refractivity contribution in [2.75, 3.05) is 11.9 Å². The molecule has 1 aliphatic heterocycles. The fourth-order valence-corrected chi connectivity index (χ4v) is 2.29. The van der Waals surface area contributed by atoms with E-state index in [0.717, 1.165) is 31.5 Å². The van der Waals surface area contributed by atoms with Crippen molar-refractivity contribution in [3.63, 3.8) is 0 Å². The lowest BCUT2D eigenvalue weighted by molar-refractivity contribution is -0.122. The molecule has 1 fully saturated rings. The van der Waals surface area contributed by atoms with Crippen molar-refractivity contribution in [3.05, 3.63) is 29.8 Å². The minimum atomic E-state index is -0.960. The molecule has 98 valence electrons. The maximum atomic E-state index is 13.0. The predicted octanol–water partition coefficient (Wildman–Crippen LogP) is 2.44. The molecule has 18 heavy (non-hydrogen) atoms. The van der Waals surface area contributed by atoms with Gasteiger partial charge in [-0.25, -0.2) is 8.78 Å². The number of rotatable bonds is 3. The van der Waals surface area contributed by atoms with Gasteiger partial charge in [0.1, 0.15) is 0 Å². The van der Waals surface area contributed by atoms with E-state index in [1.807, 2.05) is 6.92 Å². The molecule has 0 spiro atoms. The molecule has 1 amide bonds. The van der Waals surface area contributed by atoms with Gasteiger partial charge in [-0.05, 0) is 37.9 Å². The van der Waals surface area contributed by atoms with Crippen molar-refractivity contribution in [1.29, 1.82) is 0 Å². The zero-order valence-corrected chi connectivity index (χ0v) is 10.2. The van der Waals surface area contributed by atoms with Gasteiger partial charge in [-0.1, -0.05) is 6.92 Å². The monoisotopic (exact) mass is 254 g/mol. The maximum absolute atomic E-state index is 13.0. The summed E-state index contributed by atoms with van der Waals surface area (Å²) in [6.07, 6.45) is 2.38. The molecule has 0 bridgehead atoms. The van der Waals surface area contributed by atoms with Crippen LogP contribution in [-0.4, -0.2) is 18.0 Å². The largest absolute Gasteiger partial charge is 0.324 e. The molecule has 1 heterocycles. The topological polar surface area (TPSA) is 41.1 Å². The fraction of sp³-hybridized carbons (Fsp3) is 0.462. The van der Waals surface area contributed by atoms with Crippen molar-refractivity contribution in [3.8, 4) is 0 Å². The lowest BCUT2D eigenvalue weighted by atomic mass is 9.93. The third-order valence-electron chi connectivity index (χ3n) is 3.46. The second-order valence-electron chi connectivity index (χ2n) is 4.55. The summed E-state index contributed by atoms with van der Waals surface area (Å²) in [5.74, 6) is -2.07. The number of anilines is 1. The van der Waals surface area contributed by atoms with Crippen molar-refractivity contribution in [1.82, 2.24) is 5.32 Å². The van der Waals surface area contributed by atoms with E-state index in [1.54, 1.807) is 0 Å². The molecule has 3 nitrogen and oxygen atoms in total. The third kappa shape index (κ3) is 2.36. The highest BCUT2D eigenvalue weighted by atomic mass is 19.2. The number of halogens is 2. The third-order valence-corrected chi connectivity index (χ3v) is 3.46. The Balaban J connectivity index is 2.13. The van der Waals surface area contributed by atoms with E-state index in [2.05, 4.69) is 10.6 Å². The van der Waals surface area contributed by atoms with Gasteiger partial charge in [0.15, 0.2) is 11.6 Å². The summed E-state index contributed by atoms with van der Waals surface area (Å²) in [7, 11) is 0. The summed E-state index contributed by atoms with van der Waals surface area (Å²) in [6, 6.07) is 3.35. The van der Waals surface area contributed by atoms with Crippen LogP contribution in [0.2, 0.25) is 0 Å². The van der Waals surface area contributed by atoms with E-state index >= 15 is 0 Å². The van der Waals surface area contributed by atoms with Gasteiger partial charge in [0.2, 0.25) is 5.91 Å². The minimum absolute atomic E-state index is 0.187. The molecule has 1 aromatic rings. The Morgan fingerprint density at radius 3 is 2.78 bits per heavy atom. The molecule has 0 saturated carbocycles. The maximum Gasteiger partial charge on any atom is 0.244 e. The highest BCUT2D eigenvalue weighted by Gasteiger charge is 2.39. The average molecular weight is 254 g/mol. The summed E-state index contributed by atoms with van der Waals surface area (Å²) in [5, 5.41) is 5.82. The van der Waals surface area contributed by atoms with Crippen LogP contribution in [0.1, 0.15) is 26.2 Å². The van der Waals surface area contributed by atoms with Gasteiger partial charge in [-0.15, -0.1) is 0 Å². The standard InChI is InChI=1S/C13H16F2N2O/c1-2-13(6-3-7-16-13)12(18)17-9-4-5-10(14)11(15)8-9/h4-5,8,16H,2-3,6-7H2,1H3,(H,17,18). The van der Waals surface area contributed by atoms with E-state index in [4.69, 9.17) is 0 Å². The van der Waals surface area contributed by atoms with E-state index < -0.39 is 17.2 Å². The molecule has 1 saturated heterocycles. The van der Waals surface area contributed by atoms with Gasteiger partial charge in [-0.3, -0.25) is 4.79 Å². The highest BCUT2D eigenvalue weighted by Crippen LogP contribution is 2.25. The van der Waals surface area contributed by atoms with Crippen LogP contribution in [-0.2, 0) is 4.79 Å². The number of nitrogens with one attached hydrogen (secondary N) is 2. The van der Waals surface area contributed by atoms with Crippen LogP contribution in [0.25, 0.3) is 0 Å². The Hall–Kier alpha value is -1.49. The van der Waals surface area contributed by atoms with Gasteiger partial charge in [0.25, 0.3) is 0 Å². The van der Waals surface area contributed by atoms with Crippen LogP contribution in [0.15, 0.2) is 18.2 Å². The van der Waals surface area contributed by atoms with Gasteiger partial charge in [0.05, 0.1) is 5.54 Å². The van der Waals surface area contributed by atoms with E-state index in [9.17, 15) is 13.6 Å². The molecule has 1 aliphatic rings. The molecular weight excluding hydrogens is 238 g/mol. The summed E-state index contributed by atoms with van der Waals surface area (Å²) in [4.78, 5) is 12.2. The second kappa shape index (κ2) is 5.02. The first-order valence-corrected chi connectivity index (χ1v) is 6.09. The molecule has 5 heteroatoms. The molecular formula is C13H16F2N2O. The van der Waals surface area contributed by atoms with Crippen LogP contribution < -0.4 is 10.6 Å². The number of hydrogen-bond acceptors (Lipinski definition) is 2. The summed E-state index contributed by atoms with van der Waals surface area (Å²) >= 11 is 0. The summed E-state index contributed by atoms with van der Waals surface area (Å²) < 4.78 is 25.8. The summed E-state index contributed by atoms with van der Waals surface area (Å²) in [6.45, 7) is 2.74. The molecule has 0 aliphatic carbocycles. The Kier molecular flexibility index (Phi) is 3.61. The lowest BCUT2D eigenvalue weighted by Gasteiger charge is -2.26. The number of benzene rings is 1. The molecule has 1 atom stereocenters. The van der Waals surface area contributed by atoms with E-state index in [0.29, 0.717) is 6.42 Å². The minimum Gasteiger partial charge on any atom is -0.324 e.